The Hall–Kier alpha value is -2.14. The van der Waals surface area contributed by atoms with Crippen molar-refractivity contribution in [3.63, 3.8) is 0 Å². The predicted molar refractivity (Wildman–Crippen MR) is 62.1 cm³/mol. The highest BCUT2D eigenvalue weighted by atomic mass is 16.3. The highest BCUT2D eigenvalue weighted by molar-refractivity contribution is 5.94. The molecule has 0 bridgehead atoms. The van der Waals surface area contributed by atoms with Crippen LogP contribution in [-0.2, 0) is 13.2 Å². The summed E-state index contributed by atoms with van der Waals surface area (Å²) in [5.74, 6) is -0.177. The topological polar surface area (TPSA) is 78.0 Å². The van der Waals surface area contributed by atoms with E-state index in [1.165, 1.54) is 6.20 Å². The second kappa shape index (κ2) is 5.27. The van der Waals surface area contributed by atoms with Crippen LogP contribution in [-0.4, -0.2) is 21.0 Å². The fraction of sp³-hybridized carbons (Fsp3) is 0.167. The van der Waals surface area contributed by atoms with Crippen LogP contribution in [0.15, 0.2) is 36.8 Å². The maximum absolute atomic E-state index is 11.8. The summed E-state index contributed by atoms with van der Waals surface area (Å²) in [7, 11) is 0. The molecular weight excluding hydrogens is 218 g/mol. The Morgan fingerprint density at radius 3 is 3.06 bits per heavy atom. The number of rotatable bonds is 4. The SMILES string of the molecule is O=C(NCc1cc[nH]c1)c1ccnc(CO)c1. The highest BCUT2D eigenvalue weighted by Gasteiger charge is 2.06. The normalized spacial score (nSPS) is 10.2. The van der Waals surface area contributed by atoms with Gasteiger partial charge in [0.2, 0.25) is 0 Å². The number of H-pyrrole nitrogens is 1. The van der Waals surface area contributed by atoms with E-state index < -0.39 is 0 Å². The van der Waals surface area contributed by atoms with Crippen molar-refractivity contribution in [3.8, 4) is 0 Å². The van der Waals surface area contributed by atoms with Gasteiger partial charge in [0.25, 0.3) is 5.91 Å². The van der Waals surface area contributed by atoms with E-state index in [9.17, 15) is 4.79 Å². The molecule has 1 amide bonds. The number of hydrogen-bond acceptors (Lipinski definition) is 3. The monoisotopic (exact) mass is 231 g/mol. The van der Waals surface area contributed by atoms with E-state index in [4.69, 9.17) is 5.11 Å². The third-order valence-corrected chi connectivity index (χ3v) is 2.36. The van der Waals surface area contributed by atoms with E-state index in [-0.39, 0.29) is 12.5 Å². The van der Waals surface area contributed by atoms with Gasteiger partial charge in [0.05, 0.1) is 12.3 Å². The van der Waals surface area contributed by atoms with Crippen LogP contribution in [0.25, 0.3) is 0 Å². The first-order valence-corrected chi connectivity index (χ1v) is 5.25. The second-order valence-electron chi connectivity index (χ2n) is 3.60. The summed E-state index contributed by atoms with van der Waals surface area (Å²) in [6, 6.07) is 5.09. The molecule has 17 heavy (non-hydrogen) atoms. The molecule has 0 aliphatic heterocycles. The minimum atomic E-state index is -0.177. The average molecular weight is 231 g/mol. The molecule has 2 aromatic rings. The zero-order valence-electron chi connectivity index (χ0n) is 9.18. The number of amides is 1. The lowest BCUT2D eigenvalue weighted by Crippen LogP contribution is -2.22. The first-order valence-electron chi connectivity index (χ1n) is 5.25. The summed E-state index contributed by atoms with van der Waals surface area (Å²) in [6.45, 7) is 0.304. The van der Waals surface area contributed by atoms with Gasteiger partial charge in [0, 0.05) is 30.7 Å². The third kappa shape index (κ3) is 2.92. The smallest absolute Gasteiger partial charge is 0.251 e. The lowest BCUT2D eigenvalue weighted by Gasteiger charge is -2.04. The molecule has 0 aliphatic carbocycles. The number of nitrogens with one attached hydrogen (secondary N) is 2. The number of carbonyl (C=O) groups excluding carboxylic acids is 1. The average Bonchev–Trinajstić information content (AvgIpc) is 2.89. The molecule has 0 fully saturated rings. The van der Waals surface area contributed by atoms with Crippen LogP contribution >= 0.6 is 0 Å². The van der Waals surface area contributed by atoms with Crippen molar-refractivity contribution in [2.45, 2.75) is 13.2 Å². The standard InChI is InChI=1S/C12H13N3O2/c16-8-11-5-10(2-4-14-11)12(17)15-7-9-1-3-13-6-9/h1-6,13,16H,7-8H2,(H,15,17). The minimum absolute atomic E-state index is 0.168. The third-order valence-electron chi connectivity index (χ3n) is 2.36. The van der Waals surface area contributed by atoms with Gasteiger partial charge in [-0.2, -0.15) is 0 Å². The number of aromatic nitrogens is 2. The summed E-state index contributed by atoms with van der Waals surface area (Å²) < 4.78 is 0. The van der Waals surface area contributed by atoms with Gasteiger partial charge in [-0.1, -0.05) is 0 Å². The lowest BCUT2D eigenvalue weighted by molar-refractivity contribution is 0.0950. The molecule has 0 radical (unpaired) electrons. The van der Waals surface area contributed by atoms with Crippen molar-refractivity contribution in [2.75, 3.05) is 0 Å². The van der Waals surface area contributed by atoms with Crippen LogP contribution in [0.2, 0.25) is 0 Å². The van der Waals surface area contributed by atoms with Gasteiger partial charge >= 0.3 is 0 Å². The molecular formula is C12H13N3O2. The molecule has 2 heterocycles. The molecule has 88 valence electrons. The molecule has 5 nitrogen and oxygen atoms in total. The van der Waals surface area contributed by atoms with E-state index in [0.717, 1.165) is 5.56 Å². The number of pyridine rings is 1. The predicted octanol–water partition coefficient (Wildman–Crippen LogP) is 0.832. The highest BCUT2D eigenvalue weighted by Crippen LogP contribution is 2.03. The van der Waals surface area contributed by atoms with Crippen molar-refractivity contribution in [2.24, 2.45) is 0 Å². The maximum atomic E-state index is 11.8. The van der Waals surface area contributed by atoms with Gasteiger partial charge in [-0.3, -0.25) is 9.78 Å². The van der Waals surface area contributed by atoms with Gasteiger partial charge in [-0.15, -0.1) is 0 Å². The maximum Gasteiger partial charge on any atom is 0.251 e. The molecule has 0 unspecified atom stereocenters. The number of aliphatic hydroxyl groups excluding tert-OH is 1. The fourth-order valence-electron chi connectivity index (χ4n) is 1.46. The lowest BCUT2D eigenvalue weighted by atomic mass is 10.2. The molecule has 3 N–H and O–H groups in total. The molecule has 2 rings (SSSR count). The van der Waals surface area contributed by atoms with Gasteiger partial charge in [-0.05, 0) is 23.8 Å². The molecule has 0 spiro atoms. The van der Waals surface area contributed by atoms with Gasteiger partial charge in [0.1, 0.15) is 0 Å². The zero-order chi connectivity index (χ0) is 12.1. The van der Waals surface area contributed by atoms with E-state index in [1.54, 1.807) is 18.3 Å². The number of nitrogens with zero attached hydrogens (tertiary/aromatic N) is 1. The van der Waals surface area contributed by atoms with Crippen LogP contribution in [0.5, 0.6) is 0 Å². The molecule has 0 saturated heterocycles. The molecule has 0 saturated carbocycles. The zero-order valence-corrected chi connectivity index (χ0v) is 9.18. The Bertz CT molecular complexity index is 494. The van der Waals surface area contributed by atoms with E-state index >= 15 is 0 Å². The first-order chi connectivity index (χ1) is 8.29. The summed E-state index contributed by atoms with van der Waals surface area (Å²) in [6.07, 6.45) is 5.14. The van der Waals surface area contributed by atoms with Crippen molar-refractivity contribution < 1.29 is 9.90 Å². The molecule has 0 atom stereocenters. The van der Waals surface area contributed by atoms with Crippen molar-refractivity contribution in [3.05, 3.63) is 53.6 Å². The Morgan fingerprint density at radius 1 is 1.47 bits per heavy atom. The number of aliphatic hydroxyl groups is 1. The van der Waals surface area contributed by atoms with E-state index in [2.05, 4.69) is 15.3 Å². The van der Waals surface area contributed by atoms with Crippen LogP contribution in [0.1, 0.15) is 21.6 Å². The number of hydrogen-bond donors (Lipinski definition) is 3. The summed E-state index contributed by atoms with van der Waals surface area (Å²) in [5.41, 5.74) is 1.99. The molecule has 0 aromatic carbocycles. The summed E-state index contributed by atoms with van der Waals surface area (Å²) in [5, 5.41) is 11.7. The quantitative estimate of drug-likeness (QED) is 0.729. The van der Waals surface area contributed by atoms with Gasteiger partial charge in [0.15, 0.2) is 0 Å². The number of aromatic amines is 1. The largest absolute Gasteiger partial charge is 0.390 e. The first kappa shape index (κ1) is 11.3. The van der Waals surface area contributed by atoms with E-state index in [1.807, 2.05) is 12.3 Å². The molecule has 2 aromatic heterocycles. The van der Waals surface area contributed by atoms with Crippen LogP contribution in [0, 0.1) is 0 Å². The Balaban J connectivity index is 1.99. The molecule has 5 heteroatoms. The number of carbonyl (C=O) groups is 1. The minimum Gasteiger partial charge on any atom is -0.390 e. The Labute approximate surface area is 98.5 Å². The van der Waals surface area contributed by atoms with Crippen molar-refractivity contribution in [1.29, 1.82) is 0 Å². The Morgan fingerprint density at radius 2 is 2.35 bits per heavy atom. The van der Waals surface area contributed by atoms with E-state index in [0.29, 0.717) is 17.8 Å². The van der Waals surface area contributed by atoms with Crippen LogP contribution in [0.3, 0.4) is 0 Å². The fourth-order valence-corrected chi connectivity index (χ4v) is 1.46. The van der Waals surface area contributed by atoms with Gasteiger partial charge in [-0.25, -0.2) is 0 Å². The van der Waals surface area contributed by atoms with Crippen LogP contribution in [0.4, 0.5) is 0 Å². The Kier molecular flexibility index (Phi) is 3.52. The van der Waals surface area contributed by atoms with Crippen LogP contribution < -0.4 is 5.32 Å². The summed E-state index contributed by atoms with van der Waals surface area (Å²) >= 11 is 0. The second-order valence-corrected chi connectivity index (χ2v) is 3.60. The van der Waals surface area contributed by atoms with Crippen molar-refractivity contribution >= 4 is 5.91 Å². The van der Waals surface area contributed by atoms with Gasteiger partial charge < -0.3 is 15.4 Å². The summed E-state index contributed by atoms with van der Waals surface area (Å²) in [4.78, 5) is 18.6. The molecule has 0 aliphatic rings. The van der Waals surface area contributed by atoms with Crippen molar-refractivity contribution in [1.82, 2.24) is 15.3 Å².